The highest BCUT2D eigenvalue weighted by Crippen LogP contribution is 2.24. The smallest absolute Gasteiger partial charge is 0.306 e. The largest absolute Gasteiger partial charge is 0.496 e. The van der Waals surface area contributed by atoms with Crippen LogP contribution in [-0.2, 0) is 14.3 Å². The Morgan fingerprint density at radius 1 is 1.00 bits per heavy atom. The molecule has 0 saturated heterocycles. The van der Waals surface area contributed by atoms with Gasteiger partial charge in [-0.25, -0.2) is 0 Å². The topological polar surface area (TPSA) is 98.8 Å². The van der Waals surface area contributed by atoms with Gasteiger partial charge in [0.1, 0.15) is 5.75 Å². The molecule has 0 unspecified atom stereocenters. The molecule has 0 aromatic heterocycles. The number of rotatable bonds is 8. The second-order valence-electron chi connectivity index (χ2n) is 5.67. The number of hydrogen-bond donors (Lipinski definition) is 1. The number of hydrogen-bond acceptors (Lipinski definition) is 6. The lowest BCUT2D eigenvalue weighted by Crippen LogP contribution is -2.34. The molecule has 146 valence electrons. The number of imide groups is 1. The van der Waals surface area contributed by atoms with Crippen molar-refractivity contribution in [3.8, 4) is 5.75 Å². The molecule has 0 aliphatic heterocycles. The van der Waals surface area contributed by atoms with E-state index in [0.29, 0.717) is 21.3 Å². The maximum atomic E-state index is 12.3. The summed E-state index contributed by atoms with van der Waals surface area (Å²) in [5, 5.41) is 2.12. The van der Waals surface area contributed by atoms with Crippen LogP contribution in [-0.4, -0.2) is 37.3 Å². The van der Waals surface area contributed by atoms with Gasteiger partial charge >= 0.3 is 5.97 Å². The van der Waals surface area contributed by atoms with Crippen LogP contribution in [0.4, 0.5) is 0 Å². The van der Waals surface area contributed by atoms with Crippen LogP contribution in [0.25, 0.3) is 0 Å². The van der Waals surface area contributed by atoms with E-state index in [-0.39, 0.29) is 18.6 Å². The average molecular weight is 448 g/mol. The maximum absolute atomic E-state index is 12.3. The van der Waals surface area contributed by atoms with Crippen LogP contribution in [0.15, 0.2) is 53.0 Å². The zero-order chi connectivity index (χ0) is 20.5. The van der Waals surface area contributed by atoms with E-state index in [0.717, 1.165) is 0 Å². The summed E-state index contributed by atoms with van der Waals surface area (Å²) in [6.45, 7) is -0.605. The zero-order valence-corrected chi connectivity index (χ0v) is 16.7. The van der Waals surface area contributed by atoms with Crippen molar-refractivity contribution in [2.24, 2.45) is 0 Å². The molecule has 0 radical (unpaired) electrons. The molecule has 0 aliphatic rings. The molecule has 0 aliphatic carbocycles. The molecule has 28 heavy (non-hydrogen) atoms. The van der Waals surface area contributed by atoms with Crippen molar-refractivity contribution in [3.63, 3.8) is 0 Å². The van der Waals surface area contributed by atoms with Gasteiger partial charge < -0.3 is 9.47 Å². The molecule has 0 fully saturated rings. The normalized spacial score (nSPS) is 10.1. The molecule has 2 aromatic carbocycles. The van der Waals surface area contributed by atoms with Gasteiger partial charge in [-0.3, -0.25) is 24.5 Å². The number of nitrogens with one attached hydrogen (secondary N) is 1. The Labute approximate surface area is 170 Å². The number of esters is 1. The van der Waals surface area contributed by atoms with Crippen molar-refractivity contribution in [1.29, 1.82) is 0 Å². The first-order chi connectivity index (χ1) is 13.4. The summed E-state index contributed by atoms with van der Waals surface area (Å²) in [4.78, 5) is 47.6. The minimum atomic E-state index is -0.748. The van der Waals surface area contributed by atoms with Crippen LogP contribution < -0.4 is 10.1 Å². The summed E-state index contributed by atoms with van der Waals surface area (Å²) in [6, 6.07) is 13.2. The molecule has 7 nitrogen and oxygen atoms in total. The Balaban J connectivity index is 1.78. The number of carbonyl (C=O) groups excluding carboxylic acids is 4. The first-order valence-corrected chi connectivity index (χ1v) is 9.11. The van der Waals surface area contributed by atoms with Gasteiger partial charge in [-0.15, -0.1) is 0 Å². The van der Waals surface area contributed by atoms with Crippen molar-refractivity contribution in [2.45, 2.75) is 12.8 Å². The van der Waals surface area contributed by atoms with E-state index in [1.807, 2.05) is 0 Å². The van der Waals surface area contributed by atoms with Gasteiger partial charge in [-0.1, -0.05) is 34.1 Å². The van der Waals surface area contributed by atoms with Gasteiger partial charge in [-0.2, -0.15) is 0 Å². The fourth-order valence-electron chi connectivity index (χ4n) is 2.29. The van der Waals surface area contributed by atoms with Crippen LogP contribution >= 0.6 is 15.9 Å². The summed E-state index contributed by atoms with van der Waals surface area (Å²) >= 11 is 3.28. The predicted molar refractivity (Wildman–Crippen MR) is 104 cm³/mol. The van der Waals surface area contributed by atoms with E-state index in [1.54, 1.807) is 48.5 Å². The third-order valence-corrected chi connectivity index (χ3v) is 4.16. The fraction of sp³-hybridized carbons (Fsp3) is 0.200. The van der Waals surface area contributed by atoms with Crippen molar-refractivity contribution in [2.75, 3.05) is 13.7 Å². The van der Waals surface area contributed by atoms with Gasteiger partial charge in [-0.05, 0) is 30.3 Å². The Morgan fingerprint density at radius 2 is 1.71 bits per heavy atom. The number of methoxy groups -OCH3 is 1. The third-order valence-electron chi connectivity index (χ3n) is 3.67. The van der Waals surface area contributed by atoms with Crippen molar-refractivity contribution in [3.05, 3.63) is 64.1 Å². The lowest BCUT2D eigenvalue weighted by molar-refractivity contribution is -0.148. The number of amides is 2. The second-order valence-corrected chi connectivity index (χ2v) is 6.59. The molecule has 2 rings (SSSR count). The van der Waals surface area contributed by atoms with Crippen LogP contribution in [0.2, 0.25) is 0 Å². The highest BCUT2D eigenvalue weighted by molar-refractivity contribution is 9.10. The molecule has 0 heterocycles. The van der Waals surface area contributed by atoms with Crippen molar-refractivity contribution in [1.82, 2.24) is 5.32 Å². The van der Waals surface area contributed by atoms with Crippen LogP contribution in [0.5, 0.6) is 5.75 Å². The first-order valence-electron chi connectivity index (χ1n) is 8.32. The lowest BCUT2D eigenvalue weighted by atomic mass is 10.1. The molecule has 0 saturated carbocycles. The van der Waals surface area contributed by atoms with Gasteiger partial charge in [0, 0.05) is 16.5 Å². The summed E-state index contributed by atoms with van der Waals surface area (Å²) in [5.74, 6) is -1.94. The average Bonchev–Trinajstić information content (AvgIpc) is 2.71. The van der Waals surface area contributed by atoms with E-state index in [4.69, 9.17) is 9.47 Å². The maximum Gasteiger partial charge on any atom is 0.306 e. The Kier molecular flexibility index (Phi) is 7.88. The summed E-state index contributed by atoms with van der Waals surface area (Å²) < 4.78 is 10.7. The molecule has 8 heteroatoms. The van der Waals surface area contributed by atoms with Crippen molar-refractivity contribution < 1.29 is 28.7 Å². The number of carbonyl (C=O) groups is 4. The standard InChI is InChI=1S/C20H18BrNO6/c1-27-17-9-7-14(21)11-15(17)16(23)8-10-19(25)28-12-18(24)22-20(26)13-5-3-2-4-6-13/h2-7,9,11H,8,10,12H2,1H3,(H,22,24,26). The van der Waals surface area contributed by atoms with Gasteiger partial charge in [0.15, 0.2) is 12.4 Å². The molecule has 2 amide bonds. The third kappa shape index (κ3) is 6.31. The SMILES string of the molecule is COc1ccc(Br)cc1C(=O)CCC(=O)OCC(=O)NC(=O)c1ccccc1. The van der Waals surface area contributed by atoms with E-state index in [2.05, 4.69) is 21.2 Å². The van der Waals surface area contributed by atoms with E-state index >= 15 is 0 Å². The van der Waals surface area contributed by atoms with E-state index in [9.17, 15) is 19.2 Å². The molecule has 2 aromatic rings. The first kappa shape index (κ1) is 21.3. The minimum absolute atomic E-state index is 0.101. The van der Waals surface area contributed by atoms with Gasteiger partial charge in [0.2, 0.25) is 0 Å². The summed E-state index contributed by atoms with van der Waals surface area (Å²) in [5.41, 5.74) is 0.659. The van der Waals surface area contributed by atoms with Gasteiger partial charge in [0.25, 0.3) is 11.8 Å². The van der Waals surface area contributed by atoms with E-state index in [1.165, 1.54) is 7.11 Å². The Bertz CT molecular complexity index is 882. The highest BCUT2D eigenvalue weighted by Gasteiger charge is 2.16. The molecule has 0 atom stereocenters. The number of Topliss-reactive ketones (excluding diaryl/α,β-unsaturated/α-hetero) is 1. The molecule has 0 bridgehead atoms. The van der Waals surface area contributed by atoms with Crippen molar-refractivity contribution >= 4 is 39.5 Å². The zero-order valence-electron chi connectivity index (χ0n) is 15.1. The fourth-order valence-corrected chi connectivity index (χ4v) is 2.65. The predicted octanol–water partition coefficient (Wildman–Crippen LogP) is 2.92. The lowest BCUT2D eigenvalue weighted by Gasteiger charge is -2.08. The Hall–Kier alpha value is -3.00. The number of benzene rings is 2. The molecular formula is C20H18BrNO6. The molecular weight excluding hydrogens is 430 g/mol. The summed E-state index contributed by atoms with van der Waals surface area (Å²) in [7, 11) is 1.45. The number of ether oxygens (including phenoxy) is 2. The Morgan fingerprint density at radius 3 is 2.39 bits per heavy atom. The highest BCUT2D eigenvalue weighted by atomic mass is 79.9. The molecule has 1 N–H and O–H groups in total. The van der Waals surface area contributed by atoms with Crippen LogP contribution in [0.3, 0.4) is 0 Å². The number of ketones is 1. The minimum Gasteiger partial charge on any atom is -0.496 e. The number of halogens is 1. The monoisotopic (exact) mass is 447 g/mol. The van der Waals surface area contributed by atoms with Gasteiger partial charge in [0.05, 0.1) is 19.1 Å². The second kappa shape index (κ2) is 10.4. The summed E-state index contributed by atoms with van der Waals surface area (Å²) in [6.07, 6.45) is -0.301. The molecule has 0 spiro atoms. The van der Waals surface area contributed by atoms with Crippen LogP contribution in [0.1, 0.15) is 33.6 Å². The van der Waals surface area contributed by atoms with E-state index < -0.39 is 24.4 Å². The quantitative estimate of drug-likeness (QED) is 0.493. The van der Waals surface area contributed by atoms with Crippen LogP contribution in [0, 0.1) is 0 Å².